The van der Waals surface area contributed by atoms with E-state index in [9.17, 15) is 0 Å². The Kier molecular flexibility index (Phi) is 16.9. The summed E-state index contributed by atoms with van der Waals surface area (Å²) in [6.45, 7) is 26.4. The maximum absolute atomic E-state index is 2.53. The van der Waals surface area contributed by atoms with E-state index in [4.69, 9.17) is 0 Å². The van der Waals surface area contributed by atoms with Crippen molar-refractivity contribution in [1.82, 2.24) is 8.80 Å². The molecule has 4 aromatic heterocycles. The summed E-state index contributed by atoms with van der Waals surface area (Å²) in [5.74, 6) is 0. The van der Waals surface area contributed by atoms with Gasteiger partial charge in [-0.05, 0) is 364 Å². The summed E-state index contributed by atoms with van der Waals surface area (Å²) >= 11 is 0. The first kappa shape index (κ1) is 71.6. The molecule has 0 aliphatic rings. The molecule has 6 heteroatoms. The molecular weight excluding hydrogens is 1430 g/mol. The monoisotopic (exact) mass is 1520 g/mol. The van der Waals surface area contributed by atoms with Gasteiger partial charge in [0, 0.05) is 111 Å². The number of hydrogen-bond donors (Lipinski definition) is 0. The third kappa shape index (κ3) is 11.8. The fourth-order valence-electron chi connectivity index (χ4n) is 18.9. The lowest BCUT2D eigenvalue weighted by Gasteiger charge is -2.28. The molecule has 0 bridgehead atoms. The molecule has 118 heavy (non-hydrogen) atoms. The van der Waals surface area contributed by atoms with E-state index in [1.807, 2.05) is 0 Å². The second-order valence-corrected chi connectivity index (χ2v) is 33.4. The van der Waals surface area contributed by atoms with Gasteiger partial charge >= 0.3 is 0 Å². The van der Waals surface area contributed by atoms with E-state index in [2.05, 4.69) is 439 Å². The summed E-state index contributed by atoms with van der Waals surface area (Å²) < 4.78 is 5.05. The largest absolute Gasteiger partial charge is 0.310 e. The van der Waals surface area contributed by atoms with Crippen molar-refractivity contribution in [2.75, 3.05) is 19.6 Å². The Morgan fingerprint density at radius 3 is 0.746 bits per heavy atom. The zero-order chi connectivity index (χ0) is 80.2. The van der Waals surface area contributed by atoms with Crippen LogP contribution in [0.1, 0.15) is 66.8 Å². The van der Waals surface area contributed by atoms with Gasteiger partial charge in [-0.25, -0.2) is 0 Å². The molecular formula is C112H90N6. The van der Waals surface area contributed by atoms with Crippen molar-refractivity contribution in [3.05, 3.63) is 394 Å². The lowest BCUT2D eigenvalue weighted by atomic mass is 10.0. The highest BCUT2D eigenvalue weighted by Gasteiger charge is 2.26. The lowest BCUT2D eigenvalue weighted by molar-refractivity contribution is 1.22. The van der Waals surface area contributed by atoms with Gasteiger partial charge in [-0.2, -0.15) is 0 Å². The summed E-state index contributed by atoms with van der Waals surface area (Å²) in [5, 5.41) is 20.1. The SMILES string of the molecule is Cc1cc(N(c2ccccc2)c2ccc3cc4c5cccc6c7cc8ccc(N(c9ccccc9)c9cc(C)c(C)c(C)c9)cc8cc7n(c4cc3c2)c56)cc(C)c1C.Cc1ccc(N(c2ccc3cc4c5cccc6c7cc8ccc(N(c9ccc(C)cc9)c9cc(C)ccc9C)cc8cc7n(c4cc3c2)c56)c2cc(C)ccc2C)cc1. The minimum absolute atomic E-state index is 1.14. The van der Waals surface area contributed by atoms with Crippen molar-refractivity contribution in [1.29, 1.82) is 0 Å². The molecule has 4 heterocycles. The first-order valence-electron chi connectivity index (χ1n) is 41.3. The molecule has 6 nitrogen and oxygen atoms in total. The minimum Gasteiger partial charge on any atom is -0.310 e. The van der Waals surface area contributed by atoms with Crippen molar-refractivity contribution >= 4 is 188 Å². The van der Waals surface area contributed by atoms with E-state index in [1.165, 1.54) is 209 Å². The van der Waals surface area contributed by atoms with Gasteiger partial charge in [0.2, 0.25) is 0 Å². The molecule has 0 aliphatic heterocycles. The molecule has 0 spiro atoms. The maximum atomic E-state index is 2.53. The van der Waals surface area contributed by atoms with Crippen molar-refractivity contribution in [2.24, 2.45) is 0 Å². The molecule has 22 rings (SSSR count). The van der Waals surface area contributed by atoms with Crippen molar-refractivity contribution in [3.8, 4) is 0 Å². The van der Waals surface area contributed by atoms with Gasteiger partial charge in [0.1, 0.15) is 0 Å². The second-order valence-electron chi connectivity index (χ2n) is 33.4. The predicted molar refractivity (Wildman–Crippen MR) is 508 cm³/mol. The topological polar surface area (TPSA) is 21.8 Å². The van der Waals surface area contributed by atoms with Crippen molar-refractivity contribution in [2.45, 2.75) is 83.1 Å². The number of benzene rings is 18. The van der Waals surface area contributed by atoms with Gasteiger partial charge in [-0.3, -0.25) is 0 Å². The average molecular weight is 1520 g/mol. The molecule has 22 aromatic rings. The predicted octanol–water partition coefficient (Wildman–Crippen LogP) is 31.9. The molecule has 0 atom stereocenters. The number of rotatable bonds is 12. The molecule has 0 saturated heterocycles. The van der Waals surface area contributed by atoms with Crippen LogP contribution in [0.3, 0.4) is 0 Å². The van der Waals surface area contributed by atoms with Crippen LogP contribution < -0.4 is 19.6 Å². The summed E-state index contributed by atoms with van der Waals surface area (Å²) in [7, 11) is 0. The Balaban J connectivity index is 0.000000147. The summed E-state index contributed by atoms with van der Waals surface area (Å²) in [6.07, 6.45) is 0. The third-order valence-electron chi connectivity index (χ3n) is 25.6. The Morgan fingerprint density at radius 1 is 0.169 bits per heavy atom. The van der Waals surface area contributed by atoms with Gasteiger partial charge in [-0.1, -0.05) is 157 Å². The standard InChI is InChI=1S/2C56H45N3/c1-34-24-48(25-35(2)38(34)5)57(44-14-9-7-10-15-44)46-22-20-40-30-52-50-18-13-19-51-53-31-41-21-23-47(29-43(41)33-55(53)59(56(50)51)54(52)32-42(40)28-46)58(45-16-11-8-12-17-45)49-26-36(3)39(6)37(4)27-49;1-34-12-20-44(21-13-34)57(52-26-36(3)10-16-38(52)5)46-24-18-40-30-50-48-8-7-9-49-51-31-41-19-25-47(29-43(41)33-55(51)59(56(48)49)54(50)32-42(40)28-46)58(45-22-14-35(2)15-23-45)53-27-37(4)11-17-39(53)6/h2*7-33H,1-6H3. The summed E-state index contributed by atoms with van der Waals surface area (Å²) in [6, 6.07) is 123. The Hall–Kier alpha value is -14.2. The zero-order valence-electron chi connectivity index (χ0n) is 68.9. The van der Waals surface area contributed by atoms with Gasteiger partial charge in [0.05, 0.1) is 33.1 Å². The smallest absolute Gasteiger partial charge is 0.0620 e. The lowest BCUT2D eigenvalue weighted by Crippen LogP contribution is -2.11. The van der Waals surface area contributed by atoms with E-state index < -0.39 is 0 Å². The van der Waals surface area contributed by atoms with E-state index in [1.54, 1.807) is 0 Å². The molecule has 0 radical (unpaired) electrons. The molecule has 0 N–H and O–H groups in total. The van der Waals surface area contributed by atoms with Crippen LogP contribution in [0.25, 0.3) is 119 Å². The Labute approximate surface area is 688 Å². The Bertz CT molecular complexity index is 7320. The van der Waals surface area contributed by atoms with Crippen LogP contribution in [0.5, 0.6) is 0 Å². The zero-order valence-corrected chi connectivity index (χ0v) is 68.9. The van der Waals surface area contributed by atoms with E-state index in [-0.39, 0.29) is 0 Å². The van der Waals surface area contributed by atoms with Crippen molar-refractivity contribution < 1.29 is 0 Å². The molecule has 0 amide bonds. The number of aromatic nitrogens is 2. The fraction of sp³-hybridized carbons (Fsp3) is 0.107. The van der Waals surface area contributed by atoms with E-state index >= 15 is 0 Å². The minimum atomic E-state index is 1.14. The van der Waals surface area contributed by atoms with Gasteiger partial charge in [0.15, 0.2) is 0 Å². The Morgan fingerprint density at radius 2 is 0.441 bits per heavy atom. The van der Waals surface area contributed by atoms with Gasteiger partial charge in [0.25, 0.3) is 0 Å². The first-order valence-corrected chi connectivity index (χ1v) is 41.3. The van der Waals surface area contributed by atoms with Crippen LogP contribution in [-0.4, -0.2) is 8.80 Å². The normalized spacial score (nSPS) is 11.9. The number of hydrogen-bond acceptors (Lipinski definition) is 4. The second kappa shape index (κ2) is 27.8. The van der Waals surface area contributed by atoms with Crippen LogP contribution in [0, 0.1) is 83.1 Å². The highest BCUT2D eigenvalue weighted by molar-refractivity contribution is 6.28. The first-order chi connectivity index (χ1) is 57.4. The highest BCUT2D eigenvalue weighted by atomic mass is 15.2. The number of nitrogens with zero attached hydrogens (tertiary/aromatic N) is 6. The molecule has 18 aromatic carbocycles. The van der Waals surface area contributed by atoms with Crippen LogP contribution in [0.15, 0.2) is 328 Å². The van der Waals surface area contributed by atoms with Gasteiger partial charge in [-0.15, -0.1) is 0 Å². The quantitative estimate of drug-likeness (QED) is 0.122. The number of para-hydroxylation sites is 4. The van der Waals surface area contributed by atoms with Crippen molar-refractivity contribution in [3.63, 3.8) is 0 Å². The molecule has 0 aliphatic carbocycles. The molecule has 0 fully saturated rings. The van der Waals surface area contributed by atoms with Crippen LogP contribution in [-0.2, 0) is 0 Å². The summed E-state index contributed by atoms with van der Waals surface area (Å²) in [5.41, 5.74) is 36.8. The van der Waals surface area contributed by atoms with E-state index in [0.29, 0.717) is 0 Å². The highest BCUT2D eigenvalue weighted by Crippen LogP contribution is 2.49. The number of fused-ring (bicyclic) bond motifs is 16. The number of aryl methyl sites for hydroxylation is 10. The van der Waals surface area contributed by atoms with Crippen LogP contribution in [0.2, 0.25) is 0 Å². The van der Waals surface area contributed by atoms with E-state index in [0.717, 1.165) is 45.5 Å². The maximum Gasteiger partial charge on any atom is 0.0620 e. The average Bonchev–Trinajstić information content (AvgIpc) is 1.54. The van der Waals surface area contributed by atoms with Crippen LogP contribution >= 0.6 is 0 Å². The van der Waals surface area contributed by atoms with Gasteiger partial charge < -0.3 is 28.4 Å². The number of anilines is 12. The molecule has 0 unspecified atom stereocenters. The summed E-state index contributed by atoms with van der Waals surface area (Å²) in [4.78, 5) is 9.61. The fourth-order valence-corrected chi connectivity index (χ4v) is 18.9. The molecule has 568 valence electrons. The molecule has 0 saturated carbocycles. The van der Waals surface area contributed by atoms with Crippen LogP contribution in [0.4, 0.5) is 68.2 Å². The third-order valence-corrected chi connectivity index (χ3v) is 25.6.